The Bertz CT molecular complexity index is 1310. The van der Waals surface area contributed by atoms with Crippen LogP contribution in [0.2, 0.25) is 0 Å². The number of piperazine rings is 1. The summed E-state index contributed by atoms with van der Waals surface area (Å²) in [5.74, 6) is -0.252. The van der Waals surface area contributed by atoms with Crippen LogP contribution in [0.15, 0.2) is 77.2 Å². The van der Waals surface area contributed by atoms with Crippen molar-refractivity contribution in [1.29, 1.82) is 0 Å². The topological polar surface area (TPSA) is 45.9 Å². The second-order valence-electron chi connectivity index (χ2n) is 8.31. The highest BCUT2D eigenvalue weighted by Crippen LogP contribution is 2.26. The van der Waals surface area contributed by atoms with Crippen molar-refractivity contribution < 1.29 is 22.7 Å². The maximum absolute atomic E-state index is 13.9. The molecule has 1 aromatic heterocycles. The molecule has 0 aliphatic carbocycles. The van der Waals surface area contributed by atoms with Crippen molar-refractivity contribution >= 4 is 16.7 Å². The lowest BCUT2D eigenvalue weighted by Crippen LogP contribution is -2.48. The molecule has 0 radical (unpaired) electrons. The maximum atomic E-state index is 13.9. The van der Waals surface area contributed by atoms with Crippen LogP contribution >= 0.6 is 0 Å². The van der Waals surface area contributed by atoms with Crippen LogP contribution in [0.5, 0.6) is 5.75 Å². The summed E-state index contributed by atoms with van der Waals surface area (Å²) in [6, 6.07) is 21.5. The fourth-order valence-corrected chi connectivity index (χ4v) is 4.22. The zero-order chi connectivity index (χ0) is 23.5. The molecule has 3 aromatic carbocycles. The molecule has 1 fully saturated rings. The number of halogens is 2. The Morgan fingerprint density at radius 2 is 1.65 bits per heavy atom. The van der Waals surface area contributed by atoms with Crippen molar-refractivity contribution in [1.82, 2.24) is 9.80 Å². The minimum atomic E-state index is -0.843. The molecule has 4 aromatic rings. The number of carbonyl (C=O) groups is 1. The smallest absolute Gasteiger partial charge is 0.289 e. The standard InChI is InChI=1S/C27H24F2N2O3/c28-23-9-3-7-20(26(23)29)17-30-13-15-31(16-14-30)27(32)25-12-11-21(34-25)18-33-24-10-4-6-19-5-1-2-8-22(19)24/h1-12H,13-18H2. The first-order valence-corrected chi connectivity index (χ1v) is 11.2. The van der Waals surface area contributed by atoms with Crippen LogP contribution in [0.1, 0.15) is 21.9 Å². The number of benzene rings is 3. The Morgan fingerprint density at radius 3 is 2.50 bits per heavy atom. The first kappa shape index (κ1) is 22.1. The predicted molar refractivity (Wildman–Crippen MR) is 125 cm³/mol. The van der Waals surface area contributed by atoms with Gasteiger partial charge in [-0.3, -0.25) is 9.69 Å². The summed E-state index contributed by atoms with van der Waals surface area (Å²) in [7, 11) is 0. The second-order valence-corrected chi connectivity index (χ2v) is 8.31. The minimum absolute atomic E-state index is 0.187. The monoisotopic (exact) mass is 462 g/mol. The fourth-order valence-electron chi connectivity index (χ4n) is 4.22. The summed E-state index contributed by atoms with van der Waals surface area (Å²) in [5, 5.41) is 2.11. The molecule has 0 saturated carbocycles. The van der Waals surface area contributed by atoms with E-state index >= 15 is 0 Å². The highest BCUT2D eigenvalue weighted by Gasteiger charge is 2.25. The normalized spacial score (nSPS) is 14.5. The zero-order valence-electron chi connectivity index (χ0n) is 18.5. The van der Waals surface area contributed by atoms with E-state index in [4.69, 9.17) is 9.15 Å². The number of carbonyl (C=O) groups excluding carboxylic acids is 1. The molecule has 7 heteroatoms. The van der Waals surface area contributed by atoms with Gasteiger partial charge in [0, 0.05) is 43.7 Å². The number of hydrogen-bond acceptors (Lipinski definition) is 4. The van der Waals surface area contributed by atoms with E-state index in [2.05, 4.69) is 0 Å². The lowest BCUT2D eigenvalue weighted by atomic mass is 10.1. The Morgan fingerprint density at radius 1 is 0.882 bits per heavy atom. The van der Waals surface area contributed by atoms with E-state index in [1.54, 1.807) is 23.1 Å². The number of rotatable bonds is 6. The SMILES string of the molecule is O=C(c1ccc(COc2cccc3ccccc23)o1)N1CCN(Cc2cccc(F)c2F)CC1. The summed E-state index contributed by atoms with van der Waals surface area (Å²) < 4.78 is 39.1. The molecule has 1 aliphatic rings. The van der Waals surface area contributed by atoms with E-state index < -0.39 is 11.6 Å². The summed E-state index contributed by atoms with van der Waals surface area (Å²) in [6.45, 7) is 2.63. The van der Waals surface area contributed by atoms with Gasteiger partial charge in [-0.2, -0.15) is 0 Å². The summed E-state index contributed by atoms with van der Waals surface area (Å²) in [5.41, 5.74) is 0.321. The van der Waals surface area contributed by atoms with E-state index in [0.717, 1.165) is 22.6 Å². The lowest BCUT2D eigenvalue weighted by molar-refractivity contribution is 0.0592. The second kappa shape index (κ2) is 9.65. The van der Waals surface area contributed by atoms with Crippen LogP contribution in [0.25, 0.3) is 10.8 Å². The van der Waals surface area contributed by atoms with Gasteiger partial charge in [-0.05, 0) is 29.7 Å². The Kier molecular flexibility index (Phi) is 6.27. The number of amides is 1. The van der Waals surface area contributed by atoms with Crippen LogP contribution in [0, 0.1) is 11.6 Å². The molecule has 174 valence electrons. The molecular formula is C27H24F2N2O3. The van der Waals surface area contributed by atoms with Gasteiger partial charge in [0.2, 0.25) is 0 Å². The fraction of sp³-hybridized carbons (Fsp3) is 0.222. The Hall–Kier alpha value is -3.71. The van der Waals surface area contributed by atoms with Gasteiger partial charge in [0.1, 0.15) is 18.1 Å². The summed E-state index contributed by atoms with van der Waals surface area (Å²) >= 11 is 0. The number of fused-ring (bicyclic) bond motifs is 1. The molecular weight excluding hydrogens is 438 g/mol. The Balaban J connectivity index is 1.16. The van der Waals surface area contributed by atoms with Crippen molar-refractivity contribution in [2.45, 2.75) is 13.2 Å². The summed E-state index contributed by atoms with van der Waals surface area (Å²) in [6.07, 6.45) is 0. The van der Waals surface area contributed by atoms with Crippen molar-refractivity contribution in [3.8, 4) is 5.75 Å². The van der Waals surface area contributed by atoms with Crippen molar-refractivity contribution in [3.05, 3.63) is 102 Å². The zero-order valence-corrected chi connectivity index (χ0v) is 18.5. The van der Waals surface area contributed by atoms with Gasteiger partial charge in [0.05, 0.1) is 0 Å². The molecule has 5 rings (SSSR count). The van der Waals surface area contributed by atoms with Crippen LogP contribution in [-0.2, 0) is 13.2 Å². The van der Waals surface area contributed by atoms with E-state index in [1.165, 1.54) is 6.07 Å². The molecule has 0 spiro atoms. The highest BCUT2D eigenvalue weighted by molar-refractivity contribution is 5.91. The minimum Gasteiger partial charge on any atom is -0.485 e. The molecule has 5 nitrogen and oxygen atoms in total. The quantitative estimate of drug-likeness (QED) is 0.393. The van der Waals surface area contributed by atoms with E-state index in [0.29, 0.717) is 44.0 Å². The predicted octanol–water partition coefficient (Wildman–Crippen LogP) is 5.25. The van der Waals surface area contributed by atoms with Gasteiger partial charge < -0.3 is 14.1 Å². The van der Waals surface area contributed by atoms with Crippen LogP contribution < -0.4 is 4.74 Å². The third-order valence-corrected chi connectivity index (χ3v) is 6.08. The number of hydrogen-bond donors (Lipinski definition) is 0. The molecule has 1 saturated heterocycles. The van der Waals surface area contributed by atoms with Gasteiger partial charge in [0.15, 0.2) is 17.4 Å². The number of ether oxygens (including phenoxy) is 1. The highest BCUT2D eigenvalue weighted by atomic mass is 19.2. The van der Waals surface area contributed by atoms with Gasteiger partial charge >= 0.3 is 0 Å². The van der Waals surface area contributed by atoms with Crippen molar-refractivity contribution in [3.63, 3.8) is 0 Å². The molecule has 1 amide bonds. The van der Waals surface area contributed by atoms with Gasteiger partial charge in [-0.15, -0.1) is 0 Å². The maximum Gasteiger partial charge on any atom is 0.289 e. The summed E-state index contributed by atoms with van der Waals surface area (Å²) in [4.78, 5) is 16.6. The lowest BCUT2D eigenvalue weighted by Gasteiger charge is -2.34. The number of nitrogens with zero attached hydrogens (tertiary/aromatic N) is 2. The van der Waals surface area contributed by atoms with Gasteiger partial charge in [-0.25, -0.2) is 8.78 Å². The van der Waals surface area contributed by atoms with E-state index in [1.807, 2.05) is 47.4 Å². The molecule has 34 heavy (non-hydrogen) atoms. The third kappa shape index (κ3) is 4.65. The largest absolute Gasteiger partial charge is 0.485 e. The van der Waals surface area contributed by atoms with Crippen molar-refractivity contribution in [2.75, 3.05) is 26.2 Å². The van der Waals surface area contributed by atoms with Crippen LogP contribution in [0.4, 0.5) is 8.78 Å². The average Bonchev–Trinajstić information content (AvgIpc) is 3.35. The van der Waals surface area contributed by atoms with E-state index in [9.17, 15) is 13.6 Å². The first-order valence-electron chi connectivity index (χ1n) is 11.2. The van der Waals surface area contributed by atoms with Gasteiger partial charge in [-0.1, -0.05) is 48.5 Å². The molecule has 0 N–H and O–H groups in total. The molecule has 2 heterocycles. The van der Waals surface area contributed by atoms with Gasteiger partial charge in [0.25, 0.3) is 5.91 Å². The van der Waals surface area contributed by atoms with E-state index in [-0.39, 0.29) is 18.3 Å². The number of furan rings is 1. The van der Waals surface area contributed by atoms with Crippen LogP contribution in [-0.4, -0.2) is 41.9 Å². The molecule has 0 unspecified atom stereocenters. The molecule has 0 atom stereocenters. The average molecular weight is 462 g/mol. The molecule has 1 aliphatic heterocycles. The molecule has 0 bridgehead atoms. The first-order chi connectivity index (χ1) is 16.6. The van der Waals surface area contributed by atoms with Crippen molar-refractivity contribution in [2.24, 2.45) is 0 Å². The third-order valence-electron chi connectivity index (χ3n) is 6.08. The van der Waals surface area contributed by atoms with Crippen LogP contribution in [0.3, 0.4) is 0 Å². The Labute approximate surface area is 196 Å².